The third kappa shape index (κ3) is 6.55. The third-order valence-corrected chi connectivity index (χ3v) is 4.54. The Morgan fingerprint density at radius 3 is 2.05 bits per heavy atom. The quantitative estimate of drug-likeness (QED) is 0.813. The van der Waals surface area contributed by atoms with E-state index in [1.807, 2.05) is 13.8 Å². The lowest BCUT2D eigenvalue weighted by Crippen LogP contribution is -2.20. The van der Waals surface area contributed by atoms with Crippen molar-refractivity contribution in [2.24, 2.45) is 11.1 Å². The maximum atomic E-state index is 11.7. The molecule has 0 spiro atoms. The molecule has 0 saturated carbocycles. The fourth-order valence-electron chi connectivity index (χ4n) is 1.56. The molecule has 0 bridgehead atoms. The Morgan fingerprint density at radius 1 is 1.11 bits per heavy atom. The van der Waals surface area contributed by atoms with Crippen molar-refractivity contribution >= 4 is 25.7 Å². The summed E-state index contributed by atoms with van der Waals surface area (Å²) >= 11 is 0. The molecule has 3 N–H and O–H groups in total. The van der Waals surface area contributed by atoms with E-state index in [9.17, 15) is 16.8 Å². The van der Waals surface area contributed by atoms with E-state index < -0.39 is 20.0 Å². The summed E-state index contributed by atoms with van der Waals surface area (Å²) in [5.74, 6) is -0.211. The molecule has 8 heteroatoms. The average Bonchev–Trinajstić information content (AvgIpc) is 2.16. The standard InChI is InChI=1S/C11H18N2O4S2/c1-9(2)7-19(16,17)13-11-5-3-10(4-6-11)8-18(12,14)15/h3-6,9,13H,7-8H2,1-2H3,(H2,12,14,15). The minimum absolute atomic E-state index is 0.0270. The van der Waals surface area contributed by atoms with E-state index in [0.29, 0.717) is 11.3 Å². The van der Waals surface area contributed by atoms with E-state index in [4.69, 9.17) is 5.14 Å². The molecule has 0 fully saturated rings. The lowest BCUT2D eigenvalue weighted by molar-refractivity contribution is 0.587. The van der Waals surface area contributed by atoms with Crippen LogP contribution < -0.4 is 9.86 Å². The molecule has 0 aliphatic heterocycles. The van der Waals surface area contributed by atoms with Gasteiger partial charge in [-0.15, -0.1) is 0 Å². The first-order valence-electron chi connectivity index (χ1n) is 5.67. The van der Waals surface area contributed by atoms with Gasteiger partial charge in [-0.3, -0.25) is 4.72 Å². The van der Waals surface area contributed by atoms with Gasteiger partial charge in [-0.25, -0.2) is 22.0 Å². The highest BCUT2D eigenvalue weighted by atomic mass is 32.2. The summed E-state index contributed by atoms with van der Waals surface area (Å²) in [5.41, 5.74) is 0.910. The monoisotopic (exact) mass is 306 g/mol. The van der Waals surface area contributed by atoms with Gasteiger partial charge in [0.25, 0.3) is 0 Å². The highest BCUT2D eigenvalue weighted by Gasteiger charge is 2.13. The molecular formula is C11H18N2O4S2. The Hall–Kier alpha value is -1.12. The normalized spacial score (nSPS) is 12.6. The number of hydrogen-bond acceptors (Lipinski definition) is 4. The van der Waals surface area contributed by atoms with Gasteiger partial charge in [0.15, 0.2) is 0 Å². The second-order valence-corrected chi connectivity index (χ2v) is 8.16. The summed E-state index contributed by atoms with van der Waals surface area (Å²) in [6.07, 6.45) is 0. The van der Waals surface area contributed by atoms with E-state index in [1.165, 1.54) is 24.3 Å². The predicted molar refractivity (Wildman–Crippen MR) is 75.5 cm³/mol. The van der Waals surface area contributed by atoms with Crippen LogP contribution >= 0.6 is 0 Å². The van der Waals surface area contributed by atoms with Gasteiger partial charge in [-0.1, -0.05) is 26.0 Å². The van der Waals surface area contributed by atoms with Crippen LogP contribution in [-0.4, -0.2) is 22.6 Å². The van der Waals surface area contributed by atoms with Gasteiger partial charge in [0, 0.05) is 5.69 Å². The van der Waals surface area contributed by atoms with Gasteiger partial charge in [-0.2, -0.15) is 0 Å². The van der Waals surface area contributed by atoms with E-state index >= 15 is 0 Å². The number of benzene rings is 1. The van der Waals surface area contributed by atoms with Crippen molar-refractivity contribution in [3.63, 3.8) is 0 Å². The van der Waals surface area contributed by atoms with Crippen molar-refractivity contribution in [3.05, 3.63) is 29.8 Å². The Kier molecular flexibility index (Phi) is 4.94. The van der Waals surface area contributed by atoms with Crippen LogP contribution in [0.3, 0.4) is 0 Å². The fourth-order valence-corrected chi connectivity index (χ4v) is 3.67. The first kappa shape index (κ1) is 15.9. The second kappa shape index (κ2) is 5.89. The molecule has 108 valence electrons. The van der Waals surface area contributed by atoms with Gasteiger partial charge in [0.1, 0.15) is 0 Å². The Balaban J connectivity index is 2.78. The Morgan fingerprint density at radius 2 is 1.63 bits per heavy atom. The smallest absolute Gasteiger partial charge is 0.232 e. The van der Waals surface area contributed by atoms with Gasteiger partial charge in [0.2, 0.25) is 20.0 Å². The van der Waals surface area contributed by atoms with Crippen LogP contribution in [0.25, 0.3) is 0 Å². The molecule has 0 atom stereocenters. The van der Waals surface area contributed by atoms with Crippen LogP contribution in [0.15, 0.2) is 24.3 Å². The topological polar surface area (TPSA) is 106 Å². The van der Waals surface area contributed by atoms with Gasteiger partial charge >= 0.3 is 0 Å². The summed E-state index contributed by atoms with van der Waals surface area (Å²) in [4.78, 5) is 0. The first-order valence-corrected chi connectivity index (χ1v) is 9.04. The van der Waals surface area contributed by atoms with Gasteiger partial charge < -0.3 is 0 Å². The van der Waals surface area contributed by atoms with E-state index in [1.54, 1.807) is 0 Å². The molecule has 1 aromatic carbocycles. The lowest BCUT2D eigenvalue weighted by atomic mass is 10.2. The number of sulfonamides is 2. The van der Waals surface area contributed by atoms with Crippen LogP contribution in [0, 0.1) is 5.92 Å². The molecular weight excluding hydrogens is 288 g/mol. The van der Waals surface area contributed by atoms with Crippen LogP contribution in [0.5, 0.6) is 0 Å². The molecule has 1 aromatic rings. The predicted octanol–water partition coefficient (Wildman–Crippen LogP) is 0.873. The molecule has 6 nitrogen and oxygen atoms in total. The number of nitrogens with one attached hydrogen (secondary N) is 1. The summed E-state index contributed by atoms with van der Waals surface area (Å²) in [7, 11) is -6.95. The highest BCUT2D eigenvalue weighted by Crippen LogP contribution is 2.13. The van der Waals surface area contributed by atoms with Gasteiger partial charge in [0.05, 0.1) is 11.5 Å². The SMILES string of the molecule is CC(C)CS(=O)(=O)Nc1ccc(CS(N)(=O)=O)cc1. The minimum Gasteiger partial charge on any atom is -0.284 e. The molecule has 0 amide bonds. The maximum Gasteiger partial charge on any atom is 0.232 e. The van der Waals surface area contributed by atoms with Crippen LogP contribution in [0.1, 0.15) is 19.4 Å². The molecule has 19 heavy (non-hydrogen) atoms. The number of hydrogen-bond donors (Lipinski definition) is 2. The summed E-state index contributed by atoms with van der Waals surface area (Å²) in [6, 6.07) is 6.08. The van der Waals surface area contributed by atoms with Crippen LogP contribution in [0.2, 0.25) is 0 Å². The van der Waals surface area contributed by atoms with Crippen molar-refractivity contribution in [2.45, 2.75) is 19.6 Å². The van der Waals surface area contributed by atoms with E-state index in [0.717, 1.165) is 0 Å². The number of anilines is 1. The summed E-state index contributed by atoms with van der Waals surface area (Å²) in [5, 5.41) is 4.92. The third-order valence-electron chi connectivity index (χ3n) is 2.15. The largest absolute Gasteiger partial charge is 0.284 e. The summed E-state index contributed by atoms with van der Waals surface area (Å²) in [6.45, 7) is 3.63. The van der Waals surface area contributed by atoms with Crippen molar-refractivity contribution in [1.29, 1.82) is 0 Å². The average molecular weight is 306 g/mol. The molecule has 0 heterocycles. The van der Waals surface area contributed by atoms with E-state index in [2.05, 4.69) is 4.72 Å². The van der Waals surface area contributed by atoms with Crippen LogP contribution in [0.4, 0.5) is 5.69 Å². The van der Waals surface area contributed by atoms with Crippen molar-refractivity contribution < 1.29 is 16.8 Å². The summed E-state index contributed by atoms with van der Waals surface area (Å²) < 4.78 is 47.6. The maximum absolute atomic E-state index is 11.7. The fraction of sp³-hybridized carbons (Fsp3) is 0.455. The second-order valence-electron chi connectivity index (χ2n) is 4.78. The molecule has 0 unspecified atom stereocenters. The molecule has 0 aromatic heterocycles. The number of primary sulfonamides is 1. The molecule has 0 aliphatic carbocycles. The zero-order valence-electron chi connectivity index (χ0n) is 10.8. The number of nitrogens with two attached hydrogens (primary N) is 1. The molecule has 0 aliphatic rings. The highest BCUT2D eigenvalue weighted by molar-refractivity contribution is 7.92. The zero-order valence-corrected chi connectivity index (χ0v) is 12.5. The molecule has 0 saturated heterocycles. The zero-order chi connectivity index (χ0) is 14.7. The molecule has 1 rings (SSSR count). The number of rotatable bonds is 6. The first-order chi connectivity index (χ1) is 8.57. The van der Waals surface area contributed by atoms with Crippen molar-refractivity contribution in [3.8, 4) is 0 Å². The van der Waals surface area contributed by atoms with Crippen molar-refractivity contribution in [2.75, 3.05) is 10.5 Å². The minimum atomic E-state index is -3.58. The van der Waals surface area contributed by atoms with Gasteiger partial charge in [-0.05, 0) is 23.6 Å². The van der Waals surface area contributed by atoms with Crippen molar-refractivity contribution in [1.82, 2.24) is 0 Å². The Labute approximate surface area is 114 Å². The Bertz CT molecular complexity index is 619. The van der Waals surface area contributed by atoms with E-state index in [-0.39, 0.29) is 17.4 Å². The van der Waals surface area contributed by atoms with Crippen LogP contribution in [-0.2, 0) is 25.8 Å². The lowest BCUT2D eigenvalue weighted by Gasteiger charge is -2.10. The molecule has 0 radical (unpaired) electrons.